The van der Waals surface area contributed by atoms with Crippen LogP contribution in [0.5, 0.6) is 0 Å². The number of fused-ring (bicyclic) bond motifs is 2. The zero-order valence-electron chi connectivity index (χ0n) is 21.6. The second kappa shape index (κ2) is 8.56. The summed E-state index contributed by atoms with van der Waals surface area (Å²) in [4.78, 5) is 1.39. The fourth-order valence-electron chi connectivity index (χ4n) is 6.56. The maximum atomic E-state index is 13.6. The number of aryl methyl sites for hydroxylation is 2. The van der Waals surface area contributed by atoms with E-state index in [1.54, 1.807) is 16.4 Å². The van der Waals surface area contributed by atoms with Crippen molar-refractivity contribution in [2.45, 2.75) is 36.8 Å². The highest BCUT2D eigenvalue weighted by molar-refractivity contribution is 7.89. The highest BCUT2D eigenvalue weighted by atomic mass is 32.2. The number of hydrogen-bond acceptors (Lipinski definition) is 5. The summed E-state index contributed by atoms with van der Waals surface area (Å²) in [7, 11) is -3.78. The predicted molar refractivity (Wildman–Crippen MR) is 145 cm³/mol. The number of aromatic nitrogens is 5. The van der Waals surface area contributed by atoms with Crippen LogP contribution in [-0.4, -0.2) is 50.6 Å². The third-order valence-electron chi connectivity index (χ3n) is 8.40. The van der Waals surface area contributed by atoms with Crippen molar-refractivity contribution in [2.24, 2.45) is 5.92 Å². The van der Waals surface area contributed by atoms with Crippen molar-refractivity contribution < 1.29 is 12.8 Å². The predicted octanol–water partition coefficient (Wildman–Crippen LogP) is 4.44. The zero-order chi connectivity index (χ0) is 26.9. The van der Waals surface area contributed by atoms with Gasteiger partial charge in [0, 0.05) is 29.8 Å². The minimum Gasteiger partial charge on any atom is -0.233 e. The maximum Gasteiger partial charge on any atom is 0.264 e. The zero-order valence-corrected chi connectivity index (χ0v) is 22.4. The molecule has 5 aromatic rings. The van der Waals surface area contributed by atoms with Gasteiger partial charge in [0.25, 0.3) is 10.0 Å². The van der Waals surface area contributed by atoms with Gasteiger partial charge in [-0.25, -0.2) is 17.5 Å². The first-order chi connectivity index (χ1) is 18.8. The van der Waals surface area contributed by atoms with Crippen molar-refractivity contribution in [1.82, 2.24) is 29.1 Å². The number of nitrogens with zero attached hydrogens (tertiary/aromatic N) is 6. The second-order valence-corrected chi connectivity index (χ2v) is 12.3. The van der Waals surface area contributed by atoms with E-state index < -0.39 is 10.0 Å². The van der Waals surface area contributed by atoms with E-state index in [2.05, 4.69) is 46.5 Å². The molecule has 8 nitrogen and oxygen atoms in total. The van der Waals surface area contributed by atoms with E-state index in [1.807, 2.05) is 36.0 Å². The largest absolute Gasteiger partial charge is 0.264 e. The molecule has 39 heavy (non-hydrogen) atoms. The average Bonchev–Trinajstić information content (AvgIpc) is 3.41. The van der Waals surface area contributed by atoms with Gasteiger partial charge in [0.2, 0.25) is 5.03 Å². The van der Waals surface area contributed by atoms with E-state index in [-0.39, 0.29) is 28.1 Å². The molecular weight excluding hydrogens is 515 g/mol. The first-order valence-electron chi connectivity index (χ1n) is 13.0. The average molecular weight is 543 g/mol. The van der Waals surface area contributed by atoms with E-state index in [1.165, 1.54) is 28.7 Å². The van der Waals surface area contributed by atoms with Crippen molar-refractivity contribution in [1.29, 1.82) is 0 Å². The molecule has 2 aromatic heterocycles. The van der Waals surface area contributed by atoms with Crippen LogP contribution >= 0.6 is 0 Å². The van der Waals surface area contributed by atoms with Gasteiger partial charge in [-0.05, 0) is 72.9 Å². The van der Waals surface area contributed by atoms with Crippen LogP contribution in [0, 0.1) is 18.7 Å². The van der Waals surface area contributed by atoms with Crippen LogP contribution in [0.1, 0.15) is 29.5 Å². The van der Waals surface area contributed by atoms with Crippen molar-refractivity contribution in [2.75, 3.05) is 13.1 Å². The highest BCUT2D eigenvalue weighted by Crippen LogP contribution is 2.70. The highest BCUT2D eigenvalue weighted by Gasteiger charge is 2.71. The Morgan fingerprint density at radius 1 is 1.03 bits per heavy atom. The normalized spacial score (nSPS) is 22.8. The van der Waals surface area contributed by atoms with Crippen molar-refractivity contribution in [3.05, 3.63) is 102 Å². The van der Waals surface area contributed by atoms with Gasteiger partial charge in [0.1, 0.15) is 5.82 Å². The molecule has 0 spiro atoms. The first kappa shape index (κ1) is 24.2. The molecule has 3 atom stereocenters. The Kier molecular flexibility index (Phi) is 5.30. The third-order valence-corrected chi connectivity index (χ3v) is 10.1. The number of piperidine rings is 1. The Labute approximate surface area is 225 Å². The number of sulfonamides is 1. The molecule has 198 valence electrons. The lowest BCUT2D eigenvalue weighted by Crippen LogP contribution is -2.35. The van der Waals surface area contributed by atoms with E-state index in [0.29, 0.717) is 19.6 Å². The molecule has 10 heteroatoms. The lowest BCUT2D eigenvalue weighted by molar-refractivity contribution is 0.417. The lowest BCUT2D eigenvalue weighted by Gasteiger charge is -2.24. The summed E-state index contributed by atoms with van der Waals surface area (Å²) in [5.74, 6) is 0.0523. The standard InChI is InChI=1S/C29H27FN6O2S/c1-3-35-31-16-27(33-35)39(37,38)34-17-25-28(20-7-5-4-6-8-20)29(25,18-34)24-14-21-15-32-36(26(21)13-19(24)2)23-11-9-22(30)10-12-23/h4-16,25,28H,3,17-18H2,1-2H3. The van der Waals surface area contributed by atoms with E-state index in [9.17, 15) is 12.8 Å². The van der Waals surface area contributed by atoms with Crippen LogP contribution in [0.2, 0.25) is 0 Å². The Balaban J connectivity index is 1.32. The third kappa shape index (κ3) is 3.58. The number of halogens is 1. The van der Waals surface area contributed by atoms with Crippen LogP contribution in [0.15, 0.2) is 84.1 Å². The summed E-state index contributed by atoms with van der Waals surface area (Å²) in [6, 6.07) is 20.9. The number of benzene rings is 3. The summed E-state index contributed by atoms with van der Waals surface area (Å²) in [6.45, 7) is 5.25. The molecule has 2 aliphatic rings. The van der Waals surface area contributed by atoms with Gasteiger partial charge in [0.05, 0.1) is 30.1 Å². The molecule has 0 bridgehead atoms. The van der Waals surface area contributed by atoms with Gasteiger partial charge in [-0.3, -0.25) is 0 Å². The summed E-state index contributed by atoms with van der Waals surface area (Å²) in [5, 5.41) is 13.8. The van der Waals surface area contributed by atoms with Crippen LogP contribution < -0.4 is 0 Å². The first-order valence-corrected chi connectivity index (χ1v) is 14.5. The molecule has 0 N–H and O–H groups in total. The Bertz CT molecular complexity index is 1820. The van der Waals surface area contributed by atoms with E-state index in [4.69, 9.17) is 0 Å². The minimum absolute atomic E-state index is 0.00944. The topological polar surface area (TPSA) is 85.9 Å². The molecular formula is C29H27FN6O2S. The fraction of sp³-hybridized carbons (Fsp3) is 0.276. The Morgan fingerprint density at radius 3 is 2.51 bits per heavy atom. The van der Waals surface area contributed by atoms with E-state index in [0.717, 1.165) is 27.7 Å². The summed E-state index contributed by atoms with van der Waals surface area (Å²) in [5.41, 5.74) is 4.78. The second-order valence-electron chi connectivity index (χ2n) is 10.5. The number of hydrogen-bond donors (Lipinski definition) is 0. The van der Waals surface area contributed by atoms with Crippen LogP contribution in [0.25, 0.3) is 16.6 Å². The van der Waals surface area contributed by atoms with Crippen LogP contribution in [-0.2, 0) is 22.0 Å². The molecule has 7 rings (SSSR count). The van der Waals surface area contributed by atoms with Gasteiger partial charge in [-0.1, -0.05) is 30.3 Å². The molecule has 0 amide bonds. The summed E-state index contributed by atoms with van der Waals surface area (Å²) in [6.07, 6.45) is 3.16. The van der Waals surface area contributed by atoms with Crippen LogP contribution in [0.3, 0.4) is 0 Å². The van der Waals surface area contributed by atoms with Gasteiger partial charge >= 0.3 is 0 Å². The van der Waals surface area contributed by atoms with Crippen LogP contribution in [0.4, 0.5) is 4.39 Å². The SMILES string of the molecule is CCn1ncc(S(=O)(=O)N2CC3C(c4ccccc4)C3(c3cc4cnn(-c5ccc(F)cc5)c4cc3C)C2)n1. The van der Waals surface area contributed by atoms with Gasteiger partial charge in [-0.2, -0.15) is 19.3 Å². The Morgan fingerprint density at radius 2 is 1.79 bits per heavy atom. The fourth-order valence-corrected chi connectivity index (χ4v) is 7.94. The minimum atomic E-state index is -3.78. The monoisotopic (exact) mass is 542 g/mol. The van der Waals surface area contributed by atoms with Crippen molar-refractivity contribution in [3.63, 3.8) is 0 Å². The molecule has 1 aliphatic heterocycles. The quantitative estimate of drug-likeness (QED) is 0.317. The van der Waals surface area contributed by atoms with Crippen molar-refractivity contribution >= 4 is 20.9 Å². The molecule has 3 unspecified atom stereocenters. The molecule has 1 saturated heterocycles. The maximum absolute atomic E-state index is 13.6. The van der Waals surface area contributed by atoms with E-state index >= 15 is 0 Å². The lowest BCUT2D eigenvalue weighted by atomic mass is 9.87. The molecule has 1 aliphatic carbocycles. The molecule has 3 heterocycles. The molecule has 0 radical (unpaired) electrons. The summed E-state index contributed by atoms with van der Waals surface area (Å²) >= 11 is 0. The van der Waals surface area contributed by atoms with Gasteiger partial charge in [-0.15, -0.1) is 5.10 Å². The molecule has 3 aromatic carbocycles. The van der Waals surface area contributed by atoms with Crippen molar-refractivity contribution in [3.8, 4) is 5.69 Å². The molecule has 1 saturated carbocycles. The Hall–Kier alpha value is -3.89. The molecule has 2 fully saturated rings. The number of rotatable bonds is 6. The van der Waals surface area contributed by atoms with Gasteiger partial charge < -0.3 is 0 Å². The summed E-state index contributed by atoms with van der Waals surface area (Å²) < 4.78 is 44.1. The van der Waals surface area contributed by atoms with Gasteiger partial charge in [0.15, 0.2) is 0 Å². The smallest absolute Gasteiger partial charge is 0.233 e.